The van der Waals surface area contributed by atoms with E-state index >= 15 is 0 Å². The molecular formula is C24H32O6. The van der Waals surface area contributed by atoms with Crippen molar-refractivity contribution < 1.29 is 28.9 Å². The van der Waals surface area contributed by atoms with Crippen LogP contribution < -0.4 is 0 Å². The van der Waals surface area contributed by atoms with Gasteiger partial charge in [0, 0.05) is 12.3 Å². The van der Waals surface area contributed by atoms with Crippen LogP contribution in [-0.4, -0.2) is 47.1 Å². The van der Waals surface area contributed by atoms with Crippen LogP contribution in [0.25, 0.3) is 0 Å². The second-order valence-corrected chi connectivity index (χ2v) is 9.67. The molecule has 2 heterocycles. The van der Waals surface area contributed by atoms with Crippen molar-refractivity contribution in [2.45, 2.75) is 70.4 Å². The summed E-state index contributed by atoms with van der Waals surface area (Å²) in [6.45, 7) is 7.72. The molecule has 1 aromatic rings. The first-order chi connectivity index (χ1) is 14.2. The Morgan fingerprint density at radius 1 is 1.20 bits per heavy atom. The Kier molecular flexibility index (Phi) is 5.43. The minimum absolute atomic E-state index is 0.0528. The molecule has 0 spiro atoms. The average molecular weight is 417 g/mol. The first-order valence-corrected chi connectivity index (χ1v) is 11.0. The average Bonchev–Trinajstić information content (AvgIpc) is 3.24. The van der Waals surface area contributed by atoms with E-state index in [9.17, 15) is 14.7 Å². The first kappa shape index (κ1) is 21.3. The maximum Gasteiger partial charge on any atom is 0.338 e. The van der Waals surface area contributed by atoms with Gasteiger partial charge in [0.2, 0.25) is 0 Å². The van der Waals surface area contributed by atoms with Gasteiger partial charge >= 0.3 is 11.9 Å². The van der Waals surface area contributed by atoms with Crippen LogP contribution in [0.2, 0.25) is 0 Å². The number of hydrogen-bond donors (Lipinski definition) is 1. The third kappa shape index (κ3) is 3.16. The maximum atomic E-state index is 13.0. The van der Waals surface area contributed by atoms with Gasteiger partial charge in [-0.2, -0.15) is 0 Å². The fraction of sp³-hybridized carbons (Fsp3) is 0.667. The Morgan fingerprint density at radius 3 is 2.53 bits per heavy atom. The van der Waals surface area contributed by atoms with Crippen LogP contribution in [0.15, 0.2) is 30.3 Å². The smallest absolute Gasteiger partial charge is 0.338 e. The molecular weight excluding hydrogens is 384 g/mol. The van der Waals surface area contributed by atoms with Gasteiger partial charge in [-0.3, -0.25) is 0 Å². The summed E-state index contributed by atoms with van der Waals surface area (Å²) >= 11 is 0. The molecule has 0 radical (unpaired) electrons. The molecule has 7 atom stereocenters. The quantitative estimate of drug-likeness (QED) is 0.741. The molecule has 0 amide bonds. The van der Waals surface area contributed by atoms with Gasteiger partial charge in [-0.1, -0.05) is 39.0 Å². The van der Waals surface area contributed by atoms with E-state index in [1.807, 2.05) is 25.1 Å². The Bertz CT molecular complexity index is 807. The van der Waals surface area contributed by atoms with E-state index in [4.69, 9.17) is 14.2 Å². The zero-order chi connectivity index (χ0) is 21.7. The molecule has 2 aliphatic heterocycles. The number of fused-ring (bicyclic) bond motifs is 4. The van der Waals surface area contributed by atoms with Gasteiger partial charge < -0.3 is 19.3 Å². The van der Waals surface area contributed by atoms with Crippen molar-refractivity contribution in [3.8, 4) is 0 Å². The lowest BCUT2D eigenvalue weighted by atomic mass is 9.69. The predicted molar refractivity (Wildman–Crippen MR) is 110 cm³/mol. The molecule has 2 saturated heterocycles. The highest BCUT2D eigenvalue weighted by Gasteiger charge is 2.72. The Hall–Kier alpha value is -1.92. The third-order valence-corrected chi connectivity index (χ3v) is 7.80. The number of ether oxygens (including phenoxy) is 3. The summed E-state index contributed by atoms with van der Waals surface area (Å²) < 4.78 is 18.7. The second kappa shape index (κ2) is 7.65. The van der Waals surface area contributed by atoms with Crippen molar-refractivity contribution in [3.05, 3.63) is 35.9 Å². The van der Waals surface area contributed by atoms with E-state index in [1.165, 1.54) is 0 Å². The maximum absolute atomic E-state index is 13.0. The highest BCUT2D eigenvalue weighted by Crippen LogP contribution is 2.63. The monoisotopic (exact) mass is 416 g/mol. The summed E-state index contributed by atoms with van der Waals surface area (Å²) in [6, 6.07) is 9.03. The number of rotatable bonds is 5. The van der Waals surface area contributed by atoms with Crippen LogP contribution >= 0.6 is 0 Å². The number of aliphatic hydroxyl groups excluding tert-OH is 1. The fourth-order valence-electron chi connectivity index (χ4n) is 6.20. The summed E-state index contributed by atoms with van der Waals surface area (Å²) in [5.41, 5.74) is -0.868. The predicted octanol–water partition coefficient (Wildman–Crippen LogP) is 3.37. The number of esters is 2. The lowest BCUT2D eigenvalue weighted by Gasteiger charge is -2.53. The third-order valence-electron chi connectivity index (χ3n) is 7.80. The van der Waals surface area contributed by atoms with E-state index in [0.29, 0.717) is 17.9 Å². The summed E-state index contributed by atoms with van der Waals surface area (Å²) in [7, 11) is 0. The van der Waals surface area contributed by atoms with Crippen molar-refractivity contribution in [2.75, 3.05) is 6.61 Å². The van der Waals surface area contributed by atoms with E-state index < -0.39 is 36.0 Å². The molecule has 164 valence electrons. The first-order valence-electron chi connectivity index (χ1n) is 11.0. The van der Waals surface area contributed by atoms with Gasteiger partial charge in [-0.05, 0) is 49.7 Å². The van der Waals surface area contributed by atoms with Crippen LogP contribution in [0.5, 0.6) is 0 Å². The molecule has 6 nitrogen and oxygen atoms in total. The number of hydrogen-bond acceptors (Lipinski definition) is 6. The molecule has 3 fully saturated rings. The number of carbonyl (C=O) groups excluding carboxylic acids is 2. The van der Waals surface area contributed by atoms with Gasteiger partial charge in [0.25, 0.3) is 0 Å². The van der Waals surface area contributed by atoms with Gasteiger partial charge in [0.1, 0.15) is 30.0 Å². The number of benzene rings is 1. The highest BCUT2D eigenvalue weighted by molar-refractivity contribution is 5.89. The molecule has 1 saturated carbocycles. The summed E-state index contributed by atoms with van der Waals surface area (Å²) in [6.07, 6.45) is 1.52. The largest absolute Gasteiger partial charge is 0.457 e. The van der Waals surface area contributed by atoms with Crippen molar-refractivity contribution >= 4 is 11.9 Å². The van der Waals surface area contributed by atoms with Crippen molar-refractivity contribution in [1.82, 2.24) is 0 Å². The number of carbonyl (C=O) groups is 2. The normalized spacial score (nSPS) is 39.6. The minimum Gasteiger partial charge on any atom is -0.457 e. The van der Waals surface area contributed by atoms with Crippen molar-refractivity contribution in [2.24, 2.45) is 23.7 Å². The Labute approximate surface area is 177 Å². The number of aliphatic hydroxyl groups is 1. The van der Waals surface area contributed by atoms with Crippen LogP contribution in [0, 0.1) is 23.7 Å². The lowest BCUT2D eigenvalue weighted by Crippen LogP contribution is -2.62. The summed E-state index contributed by atoms with van der Waals surface area (Å²) in [4.78, 5) is 25.0. The SMILES string of the molecule is CC(C)[C@@]12C[C@@H](OC(=O)CO)[C@@](C)(O1)[C@@H]1CC[C@@H](C)[C@H]1[C@@H]2OC(=O)c1ccccc1. The molecule has 1 N–H and O–H groups in total. The van der Waals surface area contributed by atoms with Crippen LogP contribution in [0.4, 0.5) is 0 Å². The van der Waals surface area contributed by atoms with E-state index in [1.54, 1.807) is 12.1 Å². The van der Waals surface area contributed by atoms with Gasteiger partial charge in [0.05, 0.1) is 5.56 Å². The standard InChI is InChI=1S/C24H32O6/c1-14(2)24-12-18(28-19(26)13-25)23(4,30-24)17-11-10-15(3)20(17)21(24)29-22(27)16-8-6-5-7-9-16/h5-9,14-15,17-18,20-21,25H,10-13H2,1-4H3/t15-,17-,18-,20-,21+,23+,24-/m1/s1. The van der Waals surface area contributed by atoms with Crippen molar-refractivity contribution in [1.29, 1.82) is 0 Å². The van der Waals surface area contributed by atoms with E-state index in [2.05, 4.69) is 20.8 Å². The molecule has 6 heteroatoms. The summed E-state index contributed by atoms with van der Waals surface area (Å²) in [5, 5.41) is 9.23. The van der Waals surface area contributed by atoms with Crippen LogP contribution in [0.3, 0.4) is 0 Å². The fourth-order valence-corrected chi connectivity index (χ4v) is 6.20. The van der Waals surface area contributed by atoms with E-state index in [-0.39, 0.29) is 23.7 Å². The lowest BCUT2D eigenvalue weighted by molar-refractivity contribution is -0.259. The molecule has 1 aromatic carbocycles. The van der Waals surface area contributed by atoms with E-state index in [0.717, 1.165) is 12.8 Å². The second-order valence-electron chi connectivity index (χ2n) is 9.67. The van der Waals surface area contributed by atoms with Gasteiger partial charge in [0.15, 0.2) is 0 Å². The molecule has 4 rings (SSSR count). The van der Waals surface area contributed by atoms with Crippen molar-refractivity contribution in [3.63, 3.8) is 0 Å². The Balaban J connectivity index is 1.73. The summed E-state index contributed by atoms with van der Waals surface area (Å²) in [5.74, 6) is -0.309. The topological polar surface area (TPSA) is 82.1 Å². The Morgan fingerprint density at radius 2 is 1.90 bits per heavy atom. The molecule has 30 heavy (non-hydrogen) atoms. The molecule has 0 unspecified atom stereocenters. The highest BCUT2D eigenvalue weighted by atomic mass is 16.6. The minimum atomic E-state index is -0.737. The van der Waals surface area contributed by atoms with Gasteiger partial charge in [-0.15, -0.1) is 0 Å². The zero-order valence-electron chi connectivity index (χ0n) is 18.2. The molecule has 3 aliphatic rings. The van der Waals surface area contributed by atoms with Crippen LogP contribution in [-0.2, 0) is 19.0 Å². The molecule has 2 bridgehead atoms. The molecule has 0 aromatic heterocycles. The molecule has 1 aliphatic carbocycles. The van der Waals surface area contributed by atoms with Crippen LogP contribution in [0.1, 0.15) is 57.3 Å². The zero-order valence-corrected chi connectivity index (χ0v) is 18.2. The van der Waals surface area contributed by atoms with Gasteiger partial charge in [-0.25, -0.2) is 9.59 Å².